The van der Waals surface area contributed by atoms with Crippen LogP contribution in [0.5, 0.6) is 5.75 Å². The Morgan fingerprint density at radius 3 is 2.44 bits per heavy atom. The van der Waals surface area contributed by atoms with Crippen molar-refractivity contribution in [2.24, 2.45) is 0 Å². The monoisotopic (exact) mass is 476 g/mol. The fourth-order valence-corrected chi connectivity index (χ4v) is 6.30. The average molecular weight is 477 g/mol. The lowest BCUT2D eigenvalue weighted by Crippen LogP contribution is -2.38. The maximum Gasteiger partial charge on any atom is 0.262 e. The van der Waals surface area contributed by atoms with E-state index in [0.29, 0.717) is 30.4 Å². The van der Waals surface area contributed by atoms with Crippen LogP contribution < -0.4 is 10.1 Å². The van der Waals surface area contributed by atoms with Crippen LogP contribution >= 0.6 is 0 Å². The molecule has 1 amide bonds. The number of sulfonamides is 1. The number of ether oxygens (including phenoxy) is 1. The molecule has 1 fully saturated rings. The van der Waals surface area contributed by atoms with Gasteiger partial charge in [-0.15, -0.1) is 0 Å². The van der Waals surface area contributed by atoms with Gasteiger partial charge in [-0.1, -0.05) is 42.5 Å². The van der Waals surface area contributed by atoms with Gasteiger partial charge in [0.1, 0.15) is 5.75 Å². The second-order valence-electron chi connectivity index (χ2n) is 9.04. The highest BCUT2D eigenvalue weighted by Gasteiger charge is 2.31. The third-order valence-electron chi connectivity index (χ3n) is 6.97. The maximum atomic E-state index is 13.2. The summed E-state index contributed by atoms with van der Waals surface area (Å²) < 4.78 is 33.3. The van der Waals surface area contributed by atoms with E-state index in [1.54, 1.807) is 16.4 Å². The average Bonchev–Trinajstić information content (AvgIpc) is 2.85. The van der Waals surface area contributed by atoms with Crippen molar-refractivity contribution in [2.75, 3.05) is 25.0 Å². The number of piperidine rings is 1. The Bertz CT molecular complexity index is 1340. The number of nitrogens with one attached hydrogen (secondary N) is 1. The number of nitrogens with zero attached hydrogens (tertiary/aromatic N) is 1. The van der Waals surface area contributed by atoms with E-state index in [1.807, 2.05) is 0 Å². The van der Waals surface area contributed by atoms with Gasteiger partial charge in [-0.05, 0) is 78.6 Å². The van der Waals surface area contributed by atoms with Gasteiger partial charge in [0.25, 0.3) is 5.91 Å². The van der Waals surface area contributed by atoms with Crippen LogP contribution in [0, 0.1) is 13.8 Å². The number of amides is 1. The molecular weight excluding hydrogens is 448 g/mol. The Morgan fingerprint density at radius 2 is 1.71 bits per heavy atom. The van der Waals surface area contributed by atoms with Crippen LogP contribution in [0.3, 0.4) is 0 Å². The predicted molar refractivity (Wildman–Crippen MR) is 133 cm³/mol. The highest BCUT2D eigenvalue weighted by atomic mass is 32.2. The molecule has 0 aliphatic carbocycles. The molecule has 0 saturated carbocycles. The van der Waals surface area contributed by atoms with E-state index in [9.17, 15) is 13.2 Å². The van der Waals surface area contributed by atoms with Crippen LogP contribution in [0.2, 0.25) is 0 Å². The maximum absolute atomic E-state index is 13.2. The molecule has 2 aliphatic rings. The van der Waals surface area contributed by atoms with Gasteiger partial charge in [0.2, 0.25) is 10.0 Å². The minimum Gasteiger partial charge on any atom is -0.482 e. The van der Waals surface area contributed by atoms with Crippen molar-refractivity contribution in [3.63, 3.8) is 0 Å². The quantitative estimate of drug-likeness (QED) is 0.583. The zero-order valence-electron chi connectivity index (χ0n) is 19.4. The van der Waals surface area contributed by atoms with Crippen LogP contribution in [0.15, 0.2) is 65.6 Å². The predicted octanol–water partition coefficient (Wildman–Crippen LogP) is 4.87. The number of hydrogen-bond donors (Lipinski definition) is 1. The smallest absolute Gasteiger partial charge is 0.262 e. The normalized spacial score (nSPS) is 17.1. The van der Waals surface area contributed by atoms with Crippen LogP contribution in [-0.4, -0.2) is 38.3 Å². The SMILES string of the molecule is Cc1cccc(-c2ccc(C3CCN(S(=O)(=O)c4ccc5c(c4)NC(=O)CO5)CC3)cc2)c1C. The van der Waals surface area contributed by atoms with Crippen molar-refractivity contribution in [1.82, 2.24) is 4.31 Å². The fourth-order valence-electron chi connectivity index (χ4n) is 4.80. The molecule has 0 atom stereocenters. The van der Waals surface area contributed by atoms with Crippen molar-refractivity contribution < 1.29 is 17.9 Å². The minimum atomic E-state index is -3.64. The highest BCUT2D eigenvalue weighted by Crippen LogP contribution is 2.35. The van der Waals surface area contributed by atoms with Gasteiger partial charge in [0.15, 0.2) is 6.61 Å². The van der Waals surface area contributed by atoms with E-state index >= 15 is 0 Å². The number of benzene rings is 3. The summed E-state index contributed by atoms with van der Waals surface area (Å²) in [5.74, 6) is 0.531. The first-order chi connectivity index (χ1) is 16.3. The Balaban J connectivity index is 1.28. The number of fused-ring (bicyclic) bond motifs is 1. The molecule has 7 heteroatoms. The molecule has 1 saturated heterocycles. The molecule has 2 heterocycles. The van der Waals surface area contributed by atoms with Gasteiger partial charge < -0.3 is 10.1 Å². The standard InChI is InChI=1S/C27H28N2O4S/c1-18-4-3-5-24(19(18)2)22-8-6-20(7-9-22)21-12-14-29(15-13-21)34(31,32)23-10-11-26-25(16-23)28-27(30)17-33-26/h3-11,16,21H,12-15,17H2,1-2H3,(H,28,30). The molecule has 0 radical (unpaired) electrons. The summed E-state index contributed by atoms with van der Waals surface area (Å²) in [5.41, 5.74) is 6.68. The van der Waals surface area contributed by atoms with Gasteiger partial charge in [-0.2, -0.15) is 4.31 Å². The van der Waals surface area contributed by atoms with Gasteiger partial charge in [-0.25, -0.2) is 8.42 Å². The molecule has 0 spiro atoms. The van der Waals surface area contributed by atoms with Crippen molar-refractivity contribution in [3.8, 4) is 16.9 Å². The number of carbonyl (C=O) groups is 1. The summed E-state index contributed by atoms with van der Waals surface area (Å²) >= 11 is 0. The zero-order chi connectivity index (χ0) is 23.9. The minimum absolute atomic E-state index is 0.0574. The van der Waals surface area contributed by atoms with E-state index in [-0.39, 0.29) is 17.4 Å². The summed E-state index contributed by atoms with van der Waals surface area (Å²) in [7, 11) is -3.64. The zero-order valence-corrected chi connectivity index (χ0v) is 20.2. The van der Waals surface area contributed by atoms with Crippen molar-refractivity contribution in [2.45, 2.75) is 37.5 Å². The molecule has 3 aromatic rings. The van der Waals surface area contributed by atoms with Gasteiger partial charge in [-0.3, -0.25) is 4.79 Å². The van der Waals surface area contributed by atoms with Crippen LogP contribution in [0.4, 0.5) is 5.69 Å². The Labute approximate surface area is 200 Å². The van der Waals surface area contributed by atoms with Gasteiger partial charge in [0, 0.05) is 13.1 Å². The number of hydrogen-bond acceptors (Lipinski definition) is 4. The van der Waals surface area contributed by atoms with E-state index < -0.39 is 10.0 Å². The summed E-state index contributed by atoms with van der Waals surface area (Å²) in [6, 6.07) is 19.7. The van der Waals surface area contributed by atoms with Crippen LogP contribution in [0.25, 0.3) is 11.1 Å². The molecule has 6 nitrogen and oxygen atoms in total. The lowest BCUT2D eigenvalue weighted by atomic mass is 9.88. The first kappa shape index (κ1) is 22.6. The first-order valence-corrected chi connectivity index (χ1v) is 13.0. The molecule has 1 N–H and O–H groups in total. The topological polar surface area (TPSA) is 75.7 Å². The summed E-state index contributed by atoms with van der Waals surface area (Å²) in [5, 5.41) is 2.68. The van der Waals surface area contributed by atoms with E-state index in [0.717, 1.165) is 12.8 Å². The number of aryl methyl sites for hydroxylation is 1. The molecule has 176 valence electrons. The second-order valence-corrected chi connectivity index (χ2v) is 11.0. The molecular formula is C27H28N2O4S. The number of rotatable bonds is 4. The van der Waals surface area contributed by atoms with Crippen molar-refractivity contribution >= 4 is 21.6 Å². The summed E-state index contributed by atoms with van der Waals surface area (Å²) in [6.07, 6.45) is 1.54. The van der Waals surface area contributed by atoms with Crippen LogP contribution in [0.1, 0.15) is 35.4 Å². The lowest BCUT2D eigenvalue weighted by Gasteiger charge is -2.31. The van der Waals surface area contributed by atoms with E-state index in [2.05, 4.69) is 61.6 Å². The third-order valence-corrected chi connectivity index (χ3v) is 8.87. The molecule has 0 aromatic heterocycles. The lowest BCUT2D eigenvalue weighted by molar-refractivity contribution is -0.118. The van der Waals surface area contributed by atoms with E-state index in [4.69, 9.17) is 4.74 Å². The molecule has 5 rings (SSSR count). The highest BCUT2D eigenvalue weighted by molar-refractivity contribution is 7.89. The molecule has 34 heavy (non-hydrogen) atoms. The number of anilines is 1. The molecule has 0 unspecified atom stereocenters. The number of carbonyl (C=O) groups excluding carboxylic acids is 1. The molecule has 0 bridgehead atoms. The first-order valence-electron chi connectivity index (χ1n) is 11.6. The third kappa shape index (κ3) is 4.21. The molecule has 3 aromatic carbocycles. The summed E-state index contributed by atoms with van der Waals surface area (Å²) in [6.45, 7) is 5.15. The Morgan fingerprint density at radius 1 is 0.971 bits per heavy atom. The largest absolute Gasteiger partial charge is 0.482 e. The Hall–Kier alpha value is -3.16. The van der Waals surface area contributed by atoms with Gasteiger partial charge >= 0.3 is 0 Å². The Kier molecular flexibility index (Phi) is 5.91. The van der Waals surface area contributed by atoms with Crippen molar-refractivity contribution in [3.05, 3.63) is 77.4 Å². The van der Waals surface area contributed by atoms with Crippen LogP contribution in [-0.2, 0) is 14.8 Å². The second kappa shape index (κ2) is 8.89. The molecule has 2 aliphatic heterocycles. The fraction of sp³-hybridized carbons (Fsp3) is 0.296. The van der Waals surface area contributed by atoms with Crippen molar-refractivity contribution in [1.29, 1.82) is 0 Å². The van der Waals surface area contributed by atoms with Gasteiger partial charge in [0.05, 0.1) is 10.6 Å². The van der Waals surface area contributed by atoms with E-state index in [1.165, 1.54) is 33.9 Å². The summed E-state index contributed by atoms with van der Waals surface area (Å²) in [4.78, 5) is 11.8.